The molecule has 1 rings (SSSR count). The fourth-order valence-electron chi connectivity index (χ4n) is 1.25. The van der Waals surface area contributed by atoms with Gasteiger partial charge in [0.05, 0.1) is 22.4 Å². The molecule has 0 aromatic heterocycles. The second-order valence-corrected chi connectivity index (χ2v) is 4.16. The lowest BCUT2D eigenvalue weighted by molar-refractivity contribution is -0.137. The zero-order chi connectivity index (χ0) is 13.1. The third kappa shape index (κ3) is 4.44. The molecule has 0 radical (unpaired) electrons. The standard InChI is InChI=1S/C11H13ClF3NO/c1-7(17)4-5-16-10-6-8(11(13,14)15)2-3-9(10)12/h2-3,6-7,16-17H,4-5H2,1H3. The minimum atomic E-state index is -4.38. The van der Waals surface area contributed by atoms with Crippen molar-refractivity contribution in [2.75, 3.05) is 11.9 Å². The Bertz CT molecular complexity index is 379. The summed E-state index contributed by atoms with van der Waals surface area (Å²) in [6.45, 7) is 1.97. The molecule has 17 heavy (non-hydrogen) atoms. The summed E-state index contributed by atoms with van der Waals surface area (Å²) in [5, 5.41) is 12.0. The van der Waals surface area contributed by atoms with E-state index in [2.05, 4.69) is 5.32 Å². The number of rotatable bonds is 4. The summed E-state index contributed by atoms with van der Waals surface area (Å²) in [5.41, 5.74) is -0.524. The van der Waals surface area contributed by atoms with Gasteiger partial charge in [0.2, 0.25) is 0 Å². The van der Waals surface area contributed by atoms with E-state index >= 15 is 0 Å². The Morgan fingerprint density at radius 1 is 1.41 bits per heavy atom. The van der Waals surface area contributed by atoms with E-state index in [9.17, 15) is 13.2 Å². The van der Waals surface area contributed by atoms with Crippen molar-refractivity contribution in [3.8, 4) is 0 Å². The Hall–Kier alpha value is -0.940. The van der Waals surface area contributed by atoms with Crippen LogP contribution in [-0.2, 0) is 6.18 Å². The van der Waals surface area contributed by atoms with Gasteiger partial charge in [0.25, 0.3) is 0 Å². The van der Waals surface area contributed by atoms with Gasteiger partial charge in [0.1, 0.15) is 0 Å². The Labute approximate surface area is 102 Å². The lowest BCUT2D eigenvalue weighted by Gasteiger charge is -2.12. The molecule has 96 valence electrons. The Balaban J connectivity index is 2.77. The smallest absolute Gasteiger partial charge is 0.393 e. The monoisotopic (exact) mass is 267 g/mol. The highest BCUT2D eigenvalue weighted by atomic mass is 35.5. The highest BCUT2D eigenvalue weighted by Crippen LogP contribution is 2.33. The van der Waals surface area contributed by atoms with Crippen LogP contribution >= 0.6 is 11.6 Å². The van der Waals surface area contributed by atoms with E-state index in [-0.39, 0.29) is 10.7 Å². The van der Waals surface area contributed by atoms with Gasteiger partial charge in [-0.15, -0.1) is 0 Å². The quantitative estimate of drug-likeness (QED) is 0.874. The van der Waals surface area contributed by atoms with Crippen LogP contribution in [0.5, 0.6) is 0 Å². The summed E-state index contributed by atoms with van der Waals surface area (Å²) in [5.74, 6) is 0. The van der Waals surface area contributed by atoms with Crippen molar-refractivity contribution >= 4 is 17.3 Å². The number of anilines is 1. The summed E-state index contributed by atoms with van der Waals surface area (Å²) in [6, 6.07) is 3.10. The van der Waals surface area contributed by atoms with E-state index in [1.54, 1.807) is 6.92 Å². The molecule has 0 aliphatic carbocycles. The molecule has 2 N–H and O–H groups in total. The normalized spacial score (nSPS) is 13.5. The van der Waals surface area contributed by atoms with Crippen LogP contribution in [0.4, 0.5) is 18.9 Å². The molecule has 0 bridgehead atoms. The first-order valence-electron chi connectivity index (χ1n) is 5.09. The van der Waals surface area contributed by atoms with Crippen LogP contribution in [0.1, 0.15) is 18.9 Å². The van der Waals surface area contributed by atoms with Gasteiger partial charge in [0, 0.05) is 6.54 Å². The Morgan fingerprint density at radius 2 is 2.06 bits per heavy atom. The van der Waals surface area contributed by atoms with Crippen molar-refractivity contribution in [3.05, 3.63) is 28.8 Å². The summed E-state index contributed by atoms with van der Waals surface area (Å²) < 4.78 is 37.3. The van der Waals surface area contributed by atoms with Gasteiger partial charge in [-0.05, 0) is 31.5 Å². The minimum Gasteiger partial charge on any atom is -0.393 e. The maximum atomic E-state index is 12.4. The fraction of sp³-hybridized carbons (Fsp3) is 0.455. The molecular formula is C11H13ClF3NO. The third-order valence-electron chi connectivity index (χ3n) is 2.17. The van der Waals surface area contributed by atoms with E-state index < -0.39 is 17.8 Å². The molecule has 0 spiro atoms. The minimum absolute atomic E-state index is 0.224. The summed E-state index contributed by atoms with van der Waals surface area (Å²) in [6.07, 6.45) is -4.45. The number of hydrogen-bond acceptors (Lipinski definition) is 2. The first-order chi connectivity index (χ1) is 7.80. The average molecular weight is 268 g/mol. The van der Waals surface area contributed by atoms with E-state index in [1.165, 1.54) is 6.07 Å². The second-order valence-electron chi connectivity index (χ2n) is 3.76. The van der Waals surface area contributed by atoms with Crippen molar-refractivity contribution < 1.29 is 18.3 Å². The molecule has 0 aliphatic rings. The van der Waals surface area contributed by atoms with Crippen LogP contribution < -0.4 is 5.32 Å². The van der Waals surface area contributed by atoms with Crippen molar-refractivity contribution in [2.24, 2.45) is 0 Å². The molecule has 0 aliphatic heterocycles. The van der Waals surface area contributed by atoms with Gasteiger partial charge < -0.3 is 10.4 Å². The molecule has 0 fully saturated rings. The number of halogens is 4. The fourth-order valence-corrected chi connectivity index (χ4v) is 1.44. The molecule has 1 aromatic rings. The summed E-state index contributed by atoms with van der Waals surface area (Å²) >= 11 is 5.77. The largest absolute Gasteiger partial charge is 0.416 e. The van der Waals surface area contributed by atoms with Gasteiger partial charge in [-0.2, -0.15) is 13.2 Å². The van der Waals surface area contributed by atoms with Gasteiger partial charge in [-0.3, -0.25) is 0 Å². The number of nitrogens with one attached hydrogen (secondary N) is 1. The van der Waals surface area contributed by atoms with Crippen molar-refractivity contribution in [2.45, 2.75) is 25.6 Å². The number of hydrogen-bond donors (Lipinski definition) is 2. The average Bonchev–Trinajstić information content (AvgIpc) is 2.18. The predicted octanol–water partition coefficient (Wildman–Crippen LogP) is 3.54. The van der Waals surface area contributed by atoms with E-state index in [1.807, 2.05) is 0 Å². The van der Waals surface area contributed by atoms with E-state index in [0.29, 0.717) is 13.0 Å². The molecule has 1 unspecified atom stereocenters. The Morgan fingerprint density at radius 3 is 2.59 bits per heavy atom. The molecule has 0 amide bonds. The molecule has 0 saturated heterocycles. The van der Waals surface area contributed by atoms with Crippen LogP contribution in [0.2, 0.25) is 5.02 Å². The summed E-state index contributed by atoms with van der Waals surface area (Å²) in [7, 11) is 0. The molecule has 6 heteroatoms. The molecular weight excluding hydrogens is 255 g/mol. The van der Waals surface area contributed by atoms with Crippen LogP contribution in [-0.4, -0.2) is 17.8 Å². The SMILES string of the molecule is CC(O)CCNc1cc(C(F)(F)F)ccc1Cl. The van der Waals surface area contributed by atoms with Gasteiger partial charge in [-0.1, -0.05) is 11.6 Å². The third-order valence-corrected chi connectivity index (χ3v) is 2.50. The lowest BCUT2D eigenvalue weighted by Crippen LogP contribution is -2.11. The maximum Gasteiger partial charge on any atom is 0.416 e. The van der Waals surface area contributed by atoms with Crippen molar-refractivity contribution in [3.63, 3.8) is 0 Å². The first kappa shape index (κ1) is 14.1. The van der Waals surface area contributed by atoms with Crippen LogP contribution in [0, 0.1) is 0 Å². The van der Waals surface area contributed by atoms with Crippen LogP contribution in [0.3, 0.4) is 0 Å². The van der Waals surface area contributed by atoms with Gasteiger partial charge >= 0.3 is 6.18 Å². The maximum absolute atomic E-state index is 12.4. The second kappa shape index (κ2) is 5.60. The topological polar surface area (TPSA) is 32.3 Å². The number of alkyl halides is 3. The molecule has 0 saturated carbocycles. The zero-order valence-electron chi connectivity index (χ0n) is 9.18. The van der Waals surface area contributed by atoms with Gasteiger partial charge in [-0.25, -0.2) is 0 Å². The zero-order valence-corrected chi connectivity index (χ0v) is 9.94. The van der Waals surface area contributed by atoms with Gasteiger partial charge in [0.15, 0.2) is 0 Å². The van der Waals surface area contributed by atoms with E-state index in [0.717, 1.165) is 12.1 Å². The van der Waals surface area contributed by atoms with Crippen molar-refractivity contribution in [1.29, 1.82) is 0 Å². The number of aliphatic hydroxyl groups is 1. The van der Waals surface area contributed by atoms with Crippen LogP contribution in [0.25, 0.3) is 0 Å². The predicted molar refractivity (Wildman–Crippen MR) is 61.2 cm³/mol. The highest BCUT2D eigenvalue weighted by Gasteiger charge is 2.30. The molecule has 1 aromatic carbocycles. The van der Waals surface area contributed by atoms with Crippen molar-refractivity contribution in [1.82, 2.24) is 0 Å². The highest BCUT2D eigenvalue weighted by molar-refractivity contribution is 6.33. The molecule has 0 heterocycles. The first-order valence-corrected chi connectivity index (χ1v) is 5.47. The summed E-state index contributed by atoms with van der Waals surface area (Å²) in [4.78, 5) is 0. The number of benzene rings is 1. The number of aliphatic hydroxyl groups excluding tert-OH is 1. The lowest BCUT2D eigenvalue weighted by atomic mass is 10.2. The molecule has 1 atom stereocenters. The molecule has 2 nitrogen and oxygen atoms in total. The van der Waals surface area contributed by atoms with Crippen LogP contribution in [0.15, 0.2) is 18.2 Å². The Kier molecular flexibility index (Phi) is 4.65. The van der Waals surface area contributed by atoms with E-state index in [4.69, 9.17) is 16.7 Å².